The van der Waals surface area contributed by atoms with Crippen LogP contribution in [0.15, 0.2) is 12.4 Å². The lowest BCUT2D eigenvalue weighted by Gasteiger charge is -2.26. The van der Waals surface area contributed by atoms with Gasteiger partial charge >= 0.3 is 5.97 Å². The predicted molar refractivity (Wildman–Crippen MR) is 72.8 cm³/mol. The van der Waals surface area contributed by atoms with Crippen LogP contribution in [0.25, 0.3) is 0 Å². The summed E-state index contributed by atoms with van der Waals surface area (Å²) in [6.07, 6.45) is 4.68. The van der Waals surface area contributed by atoms with Crippen LogP contribution in [0.3, 0.4) is 0 Å². The molecule has 1 saturated heterocycles. The molecule has 2 rings (SSSR count). The van der Waals surface area contributed by atoms with Crippen LogP contribution in [0.2, 0.25) is 0 Å². The number of carbonyl (C=O) groups is 1. The number of hydrogen-bond acceptors (Lipinski definition) is 4. The van der Waals surface area contributed by atoms with Gasteiger partial charge in [-0.2, -0.15) is 5.10 Å². The summed E-state index contributed by atoms with van der Waals surface area (Å²) in [6, 6.07) is 0. The van der Waals surface area contributed by atoms with Crippen molar-refractivity contribution in [2.75, 3.05) is 13.1 Å². The lowest BCUT2D eigenvalue weighted by molar-refractivity contribution is -0.158. The number of ether oxygens (including phenoxy) is 1. The summed E-state index contributed by atoms with van der Waals surface area (Å²) in [7, 11) is 1.86. The van der Waals surface area contributed by atoms with Gasteiger partial charge < -0.3 is 10.1 Å². The van der Waals surface area contributed by atoms with E-state index in [1.54, 1.807) is 10.9 Å². The quantitative estimate of drug-likeness (QED) is 0.841. The van der Waals surface area contributed by atoms with Crippen LogP contribution in [0, 0.1) is 5.92 Å². The Hall–Kier alpha value is -1.36. The number of rotatable bonds is 3. The van der Waals surface area contributed by atoms with E-state index in [2.05, 4.69) is 10.4 Å². The van der Waals surface area contributed by atoms with E-state index in [9.17, 15) is 4.79 Å². The molecule has 0 aromatic carbocycles. The highest BCUT2D eigenvalue weighted by Gasteiger charge is 2.35. The third-order valence-electron chi connectivity index (χ3n) is 3.31. The number of aromatic nitrogens is 2. The van der Waals surface area contributed by atoms with Gasteiger partial charge in [-0.05, 0) is 46.2 Å². The zero-order chi connectivity index (χ0) is 14.0. The molecular formula is C14H23N3O2. The Kier molecular flexibility index (Phi) is 3.94. The number of esters is 1. The number of nitrogens with zero attached hydrogens (tertiary/aromatic N) is 2. The molecule has 0 bridgehead atoms. The van der Waals surface area contributed by atoms with E-state index < -0.39 is 5.60 Å². The second-order valence-corrected chi connectivity index (χ2v) is 6.21. The minimum absolute atomic E-state index is 0.144. The monoisotopic (exact) mass is 265 g/mol. The van der Waals surface area contributed by atoms with Crippen molar-refractivity contribution in [1.29, 1.82) is 0 Å². The van der Waals surface area contributed by atoms with Gasteiger partial charge in [-0.15, -0.1) is 0 Å². The Labute approximate surface area is 114 Å². The van der Waals surface area contributed by atoms with Gasteiger partial charge in [0.25, 0.3) is 0 Å². The highest BCUT2D eigenvalue weighted by molar-refractivity contribution is 5.79. The molecule has 1 fully saturated rings. The molecule has 1 aromatic rings. The first kappa shape index (κ1) is 14.1. The molecule has 1 aromatic heterocycles. The maximum absolute atomic E-state index is 12.5. The molecule has 5 heteroatoms. The predicted octanol–water partition coefficient (Wildman–Crippen LogP) is 1.45. The average molecular weight is 265 g/mol. The van der Waals surface area contributed by atoms with Crippen molar-refractivity contribution in [3.63, 3.8) is 0 Å². The fourth-order valence-electron chi connectivity index (χ4n) is 2.53. The SMILES string of the molecule is Cn1cc(C(C(=O)OC(C)(C)C)C2CCNC2)cn1. The summed E-state index contributed by atoms with van der Waals surface area (Å²) < 4.78 is 7.30. The molecule has 0 saturated carbocycles. The lowest BCUT2D eigenvalue weighted by Crippen LogP contribution is -2.31. The van der Waals surface area contributed by atoms with Crippen LogP contribution in [0.1, 0.15) is 38.7 Å². The molecule has 19 heavy (non-hydrogen) atoms. The third-order valence-corrected chi connectivity index (χ3v) is 3.31. The van der Waals surface area contributed by atoms with E-state index in [0.29, 0.717) is 5.92 Å². The Morgan fingerprint density at radius 1 is 1.58 bits per heavy atom. The number of nitrogens with one attached hydrogen (secondary N) is 1. The Morgan fingerprint density at radius 2 is 2.32 bits per heavy atom. The maximum atomic E-state index is 12.5. The van der Waals surface area contributed by atoms with Gasteiger partial charge in [0.05, 0.1) is 12.1 Å². The van der Waals surface area contributed by atoms with Crippen LogP contribution >= 0.6 is 0 Å². The Balaban J connectivity index is 2.21. The van der Waals surface area contributed by atoms with Gasteiger partial charge in [-0.1, -0.05) is 0 Å². The number of hydrogen-bond donors (Lipinski definition) is 1. The second kappa shape index (κ2) is 5.33. The first-order chi connectivity index (χ1) is 8.87. The molecule has 0 spiro atoms. The van der Waals surface area contributed by atoms with Crippen molar-refractivity contribution in [1.82, 2.24) is 15.1 Å². The van der Waals surface area contributed by atoms with E-state index in [1.807, 2.05) is 34.0 Å². The fourth-order valence-corrected chi connectivity index (χ4v) is 2.53. The van der Waals surface area contributed by atoms with E-state index in [4.69, 9.17) is 4.74 Å². The molecule has 1 aliphatic rings. The van der Waals surface area contributed by atoms with Gasteiger partial charge in [0.15, 0.2) is 0 Å². The summed E-state index contributed by atoms with van der Waals surface area (Å²) in [5, 5.41) is 7.49. The summed E-state index contributed by atoms with van der Waals surface area (Å²) in [5.74, 6) is -0.0730. The second-order valence-electron chi connectivity index (χ2n) is 6.21. The molecule has 0 amide bonds. The van der Waals surface area contributed by atoms with Crippen LogP contribution < -0.4 is 5.32 Å². The van der Waals surface area contributed by atoms with E-state index >= 15 is 0 Å². The number of aryl methyl sites for hydroxylation is 1. The van der Waals surface area contributed by atoms with E-state index in [1.165, 1.54) is 0 Å². The van der Waals surface area contributed by atoms with Crippen molar-refractivity contribution < 1.29 is 9.53 Å². The lowest BCUT2D eigenvalue weighted by atomic mass is 9.87. The van der Waals surface area contributed by atoms with Crippen molar-refractivity contribution in [3.05, 3.63) is 18.0 Å². The van der Waals surface area contributed by atoms with Crippen LogP contribution in [-0.2, 0) is 16.6 Å². The average Bonchev–Trinajstić information content (AvgIpc) is 2.88. The highest BCUT2D eigenvalue weighted by Crippen LogP contribution is 2.31. The molecule has 2 heterocycles. The molecule has 0 radical (unpaired) electrons. The molecule has 2 unspecified atom stereocenters. The van der Waals surface area contributed by atoms with Gasteiger partial charge in [-0.3, -0.25) is 9.48 Å². The van der Waals surface area contributed by atoms with Crippen LogP contribution in [-0.4, -0.2) is 34.4 Å². The van der Waals surface area contributed by atoms with Gasteiger partial charge in [0.1, 0.15) is 5.60 Å². The molecule has 106 valence electrons. The van der Waals surface area contributed by atoms with Crippen LogP contribution in [0.5, 0.6) is 0 Å². The summed E-state index contributed by atoms with van der Waals surface area (Å²) in [6.45, 7) is 7.53. The zero-order valence-electron chi connectivity index (χ0n) is 12.1. The molecule has 1 aliphatic heterocycles. The summed E-state index contributed by atoms with van der Waals surface area (Å²) in [5.41, 5.74) is 0.495. The van der Waals surface area contributed by atoms with E-state index in [0.717, 1.165) is 25.1 Å². The summed E-state index contributed by atoms with van der Waals surface area (Å²) in [4.78, 5) is 12.5. The minimum Gasteiger partial charge on any atom is -0.459 e. The first-order valence-corrected chi connectivity index (χ1v) is 6.79. The number of carbonyl (C=O) groups excluding carboxylic acids is 1. The van der Waals surface area contributed by atoms with Gasteiger partial charge in [-0.25, -0.2) is 0 Å². The molecule has 2 atom stereocenters. The summed E-state index contributed by atoms with van der Waals surface area (Å²) >= 11 is 0. The minimum atomic E-state index is -0.455. The van der Waals surface area contributed by atoms with Crippen molar-refractivity contribution in [3.8, 4) is 0 Å². The smallest absolute Gasteiger partial charge is 0.314 e. The first-order valence-electron chi connectivity index (χ1n) is 6.79. The highest BCUT2D eigenvalue weighted by atomic mass is 16.6. The normalized spacial score (nSPS) is 21.4. The van der Waals surface area contributed by atoms with E-state index in [-0.39, 0.29) is 11.9 Å². The van der Waals surface area contributed by atoms with Gasteiger partial charge in [0, 0.05) is 18.8 Å². The Morgan fingerprint density at radius 3 is 2.79 bits per heavy atom. The van der Waals surface area contributed by atoms with Crippen LogP contribution in [0.4, 0.5) is 0 Å². The zero-order valence-corrected chi connectivity index (χ0v) is 12.1. The standard InChI is InChI=1S/C14H23N3O2/c1-14(2,3)19-13(18)12(10-5-6-15-7-10)11-8-16-17(4)9-11/h8-10,12,15H,5-7H2,1-4H3. The molecule has 5 nitrogen and oxygen atoms in total. The van der Waals surface area contributed by atoms with Crippen molar-refractivity contribution in [2.24, 2.45) is 13.0 Å². The third kappa shape index (κ3) is 3.56. The van der Waals surface area contributed by atoms with Crippen molar-refractivity contribution >= 4 is 5.97 Å². The fraction of sp³-hybridized carbons (Fsp3) is 0.714. The molecular weight excluding hydrogens is 242 g/mol. The maximum Gasteiger partial charge on any atom is 0.314 e. The van der Waals surface area contributed by atoms with Gasteiger partial charge in [0.2, 0.25) is 0 Å². The Bertz CT molecular complexity index is 442. The molecule has 0 aliphatic carbocycles. The topological polar surface area (TPSA) is 56.1 Å². The van der Waals surface area contributed by atoms with Crippen molar-refractivity contribution in [2.45, 2.75) is 38.7 Å². The molecule has 1 N–H and O–H groups in total. The largest absolute Gasteiger partial charge is 0.459 e.